The van der Waals surface area contributed by atoms with Crippen LogP contribution in [0.4, 0.5) is 0 Å². The average Bonchev–Trinajstić information content (AvgIpc) is 2.66. The van der Waals surface area contributed by atoms with Gasteiger partial charge in [0.25, 0.3) is 0 Å². The zero-order valence-corrected chi connectivity index (χ0v) is 11.8. The van der Waals surface area contributed by atoms with Crippen LogP contribution in [0.15, 0.2) is 6.33 Å². The van der Waals surface area contributed by atoms with Gasteiger partial charge in [0.05, 0.1) is 6.10 Å². The molecule has 1 heterocycles. The maximum absolute atomic E-state index is 9.92. The lowest BCUT2D eigenvalue weighted by molar-refractivity contribution is 0.195. The molecule has 1 unspecified atom stereocenters. The third-order valence-electron chi connectivity index (χ3n) is 2.31. The fraction of sp³-hybridized carbons (Fsp3) is 0.833. The predicted molar refractivity (Wildman–Crippen MR) is 72.2 cm³/mol. The molecule has 17 heavy (non-hydrogen) atoms. The van der Waals surface area contributed by atoms with Gasteiger partial charge in [0.2, 0.25) is 0 Å². The van der Waals surface area contributed by atoms with Crippen LogP contribution in [-0.2, 0) is 13.0 Å². The molecule has 0 aliphatic heterocycles. The molecule has 98 valence electrons. The normalized spacial score (nSPS) is 13.2. The summed E-state index contributed by atoms with van der Waals surface area (Å²) in [6.07, 6.45) is 2.89. The maximum Gasteiger partial charge on any atom is 0.138 e. The summed E-state index contributed by atoms with van der Waals surface area (Å²) in [4.78, 5) is 4.20. The van der Waals surface area contributed by atoms with Crippen molar-refractivity contribution in [3.8, 4) is 0 Å². The lowest BCUT2D eigenvalue weighted by Crippen LogP contribution is -2.18. The van der Waals surface area contributed by atoms with Gasteiger partial charge in [-0.2, -0.15) is 16.9 Å². The minimum atomic E-state index is -0.321. The van der Waals surface area contributed by atoms with Crippen LogP contribution in [0.1, 0.15) is 33.0 Å². The minimum Gasteiger partial charge on any atom is -0.392 e. The summed E-state index contributed by atoms with van der Waals surface area (Å²) in [5.41, 5.74) is 0. The molecule has 0 saturated heterocycles. The van der Waals surface area contributed by atoms with Crippen molar-refractivity contribution in [1.29, 1.82) is 0 Å². The van der Waals surface area contributed by atoms with Gasteiger partial charge in [-0.25, -0.2) is 4.98 Å². The Bertz CT molecular complexity index is 314. The van der Waals surface area contributed by atoms with E-state index in [0.717, 1.165) is 30.3 Å². The maximum atomic E-state index is 9.92. The Kier molecular flexibility index (Phi) is 6.58. The fourth-order valence-electron chi connectivity index (χ4n) is 1.55. The molecule has 1 aromatic rings. The van der Waals surface area contributed by atoms with E-state index in [0.29, 0.717) is 12.3 Å². The number of thioether (sulfide) groups is 1. The Hall–Kier alpha value is -0.550. The SMILES string of the molecule is CCCn1ncnc1CC(O)CSCC(C)C. The predicted octanol–water partition coefficient (Wildman–Crippen LogP) is 1.98. The van der Waals surface area contributed by atoms with Gasteiger partial charge in [0.15, 0.2) is 0 Å². The summed E-state index contributed by atoms with van der Waals surface area (Å²) in [6, 6.07) is 0. The Balaban J connectivity index is 2.34. The Morgan fingerprint density at radius 1 is 1.41 bits per heavy atom. The first-order chi connectivity index (χ1) is 8.13. The number of aryl methyl sites for hydroxylation is 1. The van der Waals surface area contributed by atoms with Gasteiger partial charge in [-0.1, -0.05) is 20.8 Å². The smallest absolute Gasteiger partial charge is 0.138 e. The molecule has 1 rings (SSSR count). The summed E-state index contributed by atoms with van der Waals surface area (Å²) in [6.45, 7) is 7.37. The van der Waals surface area contributed by atoms with Crippen molar-refractivity contribution in [2.45, 2.75) is 46.3 Å². The first-order valence-corrected chi connectivity index (χ1v) is 7.41. The standard InChI is InChI=1S/C12H23N3OS/c1-4-5-15-12(13-9-14-15)6-11(16)8-17-7-10(2)3/h9-11,16H,4-8H2,1-3H3. The monoisotopic (exact) mass is 257 g/mol. The van der Waals surface area contributed by atoms with E-state index >= 15 is 0 Å². The van der Waals surface area contributed by atoms with Gasteiger partial charge in [-0.05, 0) is 18.1 Å². The second kappa shape index (κ2) is 7.71. The Morgan fingerprint density at radius 2 is 2.18 bits per heavy atom. The van der Waals surface area contributed by atoms with Crippen LogP contribution in [0.25, 0.3) is 0 Å². The van der Waals surface area contributed by atoms with E-state index in [1.165, 1.54) is 0 Å². The van der Waals surface area contributed by atoms with Crippen LogP contribution in [0, 0.1) is 5.92 Å². The molecular weight excluding hydrogens is 234 g/mol. The van der Waals surface area contributed by atoms with Crippen molar-refractivity contribution < 1.29 is 5.11 Å². The second-order valence-corrected chi connectivity index (χ2v) is 5.76. The number of aromatic nitrogens is 3. The third kappa shape index (κ3) is 5.55. The highest BCUT2D eigenvalue weighted by Gasteiger charge is 2.11. The van der Waals surface area contributed by atoms with Crippen LogP contribution in [-0.4, -0.2) is 37.5 Å². The van der Waals surface area contributed by atoms with Gasteiger partial charge in [0, 0.05) is 18.7 Å². The number of aliphatic hydroxyl groups excluding tert-OH is 1. The quantitative estimate of drug-likeness (QED) is 0.773. The number of nitrogens with zero attached hydrogens (tertiary/aromatic N) is 3. The molecule has 0 aliphatic carbocycles. The molecule has 0 saturated carbocycles. The van der Waals surface area contributed by atoms with Gasteiger partial charge in [0.1, 0.15) is 12.2 Å². The van der Waals surface area contributed by atoms with Crippen LogP contribution in [0.5, 0.6) is 0 Å². The lowest BCUT2D eigenvalue weighted by atomic mass is 10.2. The first kappa shape index (κ1) is 14.5. The molecule has 0 radical (unpaired) electrons. The first-order valence-electron chi connectivity index (χ1n) is 6.26. The highest BCUT2D eigenvalue weighted by atomic mass is 32.2. The summed E-state index contributed by atoms with van der Waals surface area (Å²) in [5, 5.41) is 14.1. The van der Waals surface area contributed by atoms with Crippen LogP contribution >= 0.6 is 11.8 Å². The summed E-state index contributed by atoms with van der Waals surface area (Å²) in [5.74, 6) is 3.44. The van der Waals surface area contributed by atoms with Crippen molar-refractivity contribution in [3.63, 3.8) is 0 Å². The Labute approximate surface area is 108 Å². The largest absolute Gasteiger partial charge is 0.392 e. The fourth-order valence-corrected chi connectivity index (χ4v) is 2.55. The second-order valence-electron chi connectivity index (χ2n) is 4.69. The van der Waals surface area contributed by atoms with Gasteiger partial charge in [-0.3, -0.25) is 4.68 Å². The zero-order valence-electron chi connectivity index (χ0n) is 11.0. The van der Waals surface area contributed by atoms with Crippen molar-refractivity contribution in [2.24, 2.45) is 5.92 Å². The van der Waals surface area contributed by atoms with E-state index in [-0.39, 0.29) is 6.10 Å². The van der Waals surface area contributed by atoms with E-state index in [9.17, 15) is 5.11 Å². The van der Waals surface area contributed by atoms with Gasteiger partial charge in [-0.15, -0.1) is 0 Å². The number of hydrogen-bond donors (Lipinski definition) is 1. The summed E-state index contributed by atoms with van der Waals surface area (Å²) < 4.78 is 1.89. The molecule has 5 heteroatoms. The van der Waals surface area contributed by atoms with E-state index in [1.807, 2.05) is 4.68 Å². The van der Waals surface area contributed by atoms with Crippen molar-refractivity contribution in [3.05, 3.63) is 12.2 Å². The highest BCUT2D eigenvalue weighted by molar-refractivity contribution is 7.99. The average molecular weight is 257 g/mol. The summed E-state index contributed by atoms with van der Waals surface area (Å²) >= 11 is 1.80. The molecule has 1 N–H and O–H groups in total. The van der Waals surface area contributed by atoms with Gasteiger partial charge >= 0.3 is 0 Å². The Morgan fingerprint density at radius 3 is 2.82 bits per heavy atom. The zero-order chi connectivity index (χ0) is 12.7. The van der Waals surface area contributed by atoms with Gasteiger partial charge < -0.3 is 5.11 Å². The molecule has 1 atom stereocenters. The van der Waals surface area contributed by atoms with E-state index in [2.05, 4.69) is 30.9 Å². The highest BCUT2D eigenvalue weighted by Crippen LogP contribution is 2.11. The van der Waals surface area contributed by atoms with Crippen molar-refractivity contribution in [2.75, 3.05) is 11.5 Å². The number of hydrogen-bond acceptors (Lipinski definition) is 4. The molecule has 0 spiro atoms. The molecule has 0 bridgehead atoms. The van der Waals surface area contributed by atoms with Crippen LogP contribution < -0.4 is 0 Å². The molecule has 4 nitrogen and oxygen atoms in total. The number of aliphatic hydroxyl groups is 1. The molecule has 1 aromatic heterocycles. The molecule has 0 fully saturated rings. The number of rotatable bonds is 8. The molecular formula is C12H23N3OS. The third-order valence-corrected chi connectivity index (χ3v) is 3.83. The van der Waals surface area contributed by atoms with E-state index < -0.39 is 0 Å². The van der Waals surface area contributed by atoms with Crippen LogP contribution in [0.2, 0.25) is 0 Å². The summed E-state index contributed by atoms with van der Waals surface area (Å²) in [7, 11) is 0. The van der Waals surface area contributed by atoms with Crippen molar-refractivity contribution in [1.82, 2.24) is 14.8 Å². The molecule has 0 aliphatic rings. The van der Waals surface area contributed by atoms with E-state index in [4.69, 9.17) is 0 Å². The van der Waals surface area contributed by atoms with E-state index in [1.54, 1.807) is 18.1 Å². The molecule has 0 aromatic carbocycles. The van der Waals surface area contributed by atoms with Crippen molar-refractivity contribution >= 4 is 11.8 Å². The lowest BCUT2D eigenvalue weighted by Gasteiger charge is -2.11. The topological polar surface area (TPSA) is 50.9 Å². The van der Waals surface area contributed by atoms with Crippen LogP contribution in [0.3, 0.4) is 0 Å². The minimum absolute atomic E-state index is 0.321. The molecule has 0 amide bonds.